The van der Waals surface area contributed by atoms with Crippen molar-refractivity contribution in [1.29, 1.82) is 0 Å². The summed E-state index contributed by atoms with van der Waals surface area (Å²) in [6.45, 7) is 3.23. The van der Waals surface area contributed by atoms with Gasteiger partial charge < -0.3 is 14.2 Å². The summed E-state index contributed by atoms with van der Waals surface area (Å²) in [5, 5.41) is 9.54. The van der Waals surface area contributed by atoms with Crippen LogP contribution in [0.4, 0.5) is 0 Å². The molecule has 7 nitrogen and oxygen atoms in total. The number of carbonyl (C=O) groups excluding carboxylic acids is 2. The molecule has 2 amide bonds. The number of halogens is 2. The SMILES string of the molecule is CCn1c(C(=O)N2CCc3cc(C(=O)NO)cc(OC)c3C2)cc(Cl)c1Cl. The van der Waals surface area contributed by atoms with E-state index < -0.39 is 5.91 Å². The highest BCUT2D eigenvalue weighted by molar-refractivity contribution is 6.42. The molecule has 0 fully saturated rings. The monoisotopic (exact) mass is 411 g/mol. The number of carbonyl (C=O) groups is 2. The van der Waals surface area contributed by atoms with Crippen molar-refractivity contribution in [2.24, 2.45) is 0 Å². The van der Waals surface area contributed by atoms with Crippen LogP contribution in [0.2, 0.25) is 10.2 Å². The maximum Gasteiger partial charge on any atom is 0.274 e. The first kappa shape index (κ1) is 19.5. The number of aromatic nitrogens is 1. The Hall–Kier alpha value is -2.22. The van der Waals surface area contributed by atoms with Crippen molar-refractivity contribution in [2.75, 3.05) is 13.7 Å². The van der Waals surface area contributed by atoms with E-state index in [1.807, 2.05) is 6.92 Å². The molecule has 27 heavy (non-hydrogen) atoms. The quantitative estimate of drug-likeness (QED) is 0.597. The maximum atomic E-state index is 13.0. The molecule has 1 aromatic heterocycles. The van der Waals surface area contributed by atoms with Crippen molar-refractivity contribution >= 4 is 35.0 Å². The van der Waals surface area contributed by atoms with E-state index in [1.165, 1.54) is 7.11 Å². The minimum Gasteiger partial charge on any atom is -0.496 e. The summed E-state index contributed by atoms with van der Waals surface area (Å²) >= 11 is 12.3. The van der Waals surface area contributed by atoms with Crippen LogP contribution in [0.15, 0.2) is 18.2 Å². The highest BCUT2D eigenvalue weighted by atomic mass is 35.5. The van der Waals surface area contributed by atoms with Gasteiger partial charge in [-0.05, 0) is 37.1 Å². The lowest BCUT2D eigenvalue weighted by Gasteiger charge is -2.30. The predicted molar refractivity (Wildman–Crippen MR) is 101 cm³/mol. The molecular weight excluding hydrogens is 393 g/mol. The zero-order valence-corrected chi connectivity index (χ0v) is 16.4. The third-order valence-corrected chi connectivity index (χ3v) is 5.49. The number of methoxy groups -OCH3 is 1. The van der Waals surface area contributed by atoms with Gasteiger partial charge in [0.1, 0.15) is 16.6 Å². The summed E-state index contributed by atoms with van der Waals surface area (Å²) in [5.74, 6) is -0.291. The molecule has 1 aliphatic rings. The molecule has 144 valence electrons. The second-order valence-electron chi connectivity index (χ2n) is 6.15. The van der Waals surface area contributed by atoms with Gasteiger partial charge in [0.2, 0.25) is 0 Å². The molecule has 9 heteroatoms. The molecule has 0 atom stereocenters. The minimum absolute atomic E-state index is 0.171. The molecule has 3 rings (SSSR count). The number of nitrogens with zero attached hydrogens (tertiary/aromatic N) is 2. The Morgan fingerprint density at radius 3 is 2.67 bits per heavy atom. The molecule has 0 spiro atoms. The average Bonchev–Trinajstić information content (AvgIpc) is 2.99. The highest BCUT2D eigenvalue weighted by Gasteiger charge is 2.28. The Labute approximate surface area is 166 Å². The van der Waals surface area contributed by atoms with E-state index in [4.69, 9.17) is 33.1 Å². The Morgan fingerprint density at radius 1 is 1.30 bits per heavy atom. The third-order valence-electron chi connectivity index (χ3n) is 4.70. The van der Waals surface area contributed by atoms with Gasteiger partial charge in [0.15, 0.2) is 0 Å². The fraction of sp³-hybridized carbons (Fsp3) is 0.333. The van der Waals surface area contributed by atoms with Crippen LogP contribution in [0, 0.1) is 0 Å². The number of benzene rings is 1. The van der Waals surface area contributed by atoms with Crippen LogP contribution < -0.4 is 10.2 Å². The summed E-state index contributed by atoms with van der Waals surface area (Å²) in [7, 11) is 1.50. The first-order chi connectivity index (χ1) is 12.9. The molecule has 0 bridgehead atoms. The second-order valence-corrected chi connectivity index (χ2v) is 6.91. The van der Waals surface area contributed by atoms with Crippen LogP contribution in [0.1, 0.15) is 38.9 Å². The van der Waals surface area contributed by atoms with Gasteiger partial charge in [-0.3, -0.25) is 14.8 Å². The molecule has 0 radical (unpaired) electrons. The predicted octanol–water partition coefficient (Wildman–Crippen LogP) is 3.14. The van der Waals surface area contributed by atoms with E-state index in [2.05, 4.69) is 0 Å². The molecule has 0 saturated heterocycles. The lowest BCUT2D eigenvalue weighted by molar-refractivity contribution is 0.0700. The molecular formula is C18H19Cl2N3O4. The average molecular weight is 412 g/mol. The van der Waals surface area contributed by atoms with Gasteiger partial charge in [0.25, 0.3) is 11.8 Å². The summed E-state index contributed by atoms with van der Waals surface area (Å²) in [5.41, 5.74) is 4.09. The van der Waals surface area contributed by atoms with Crippen LogP contribution in [-0.2, 0) is 19.5 Å². The molecule has 2 aromatic rings. The molecule has 2 N–H and O–H groups in total. The molecule has 0 unspecified atom stereocenters. The lowest BCUT2D eigenvalue weighted by Crippen LogP contribution is -2.37. The second kappa shape index (κ2) is 7.80. The van der Waals surface area contributed by atoms with Gasteiger partial charge in [-0.25, -0.2) is 5.48 Å². The summed E-state index contributed by atoms with van der Waals surface area (Å²) in [6.07, 6.45) is 0.554. The van der Waals surface area contributed by atoms with E-state index in [-0.39, 0.29) is 5.91 Å². The number of amides is 2. The van der Waals surface area contributed by atoms with Crippen LogP contribution in [0.5, 0.6) is 5.75 Å². The van der Waals surface area contributed by atoms with Crippen molar-refractivity contribution < 1.29 is 19.5 Å². The van der Waals surface area contributed by atoms with E-state index in [0.29, 0.717) is 53.2 Å². The van der Waals surface area contributed by atoms with Crippen molar-refractivity contribution in [1.82, 2.24) is 14.9 Å². The highest BCUT2D eigenvalue weighted by Crippen LogP contribution is 2.32. The van der Waals surface area contributed by atoms with E-state index in [0.717, 1.165) is 11.1 Å². The van der Waals surface area contributed by atoms with Crippen molar-refractivity contribution in [3.63, 3.8) is 0 Å². The fourth-order valence-corrected chi connectivity index (χ4v) is 3.79. The number of hydrogen-bond acceptors (Lipinski definition) is 4. The maximum absolute atomic E-state index is 13.0. The molecule has 1 aliphatic heterocycles. The summed E-state index contributed by atoms with van der Waals surface area (Å²) in [6, 6.07) is 4.83. The van der Waals surface area contributed by atoms with Crippen LogP contribution >= 0.6 is 23.2 Å². The van der Waals surface area contributed by atoms with Gasteiger partial charge >= 0.3 is 0 Å². The van der Waals surface area contributed by atoms with Gasteiger partial charge in [-0.15, -0.1) is 0 Å². The first-order valence-electron chi connectivity index (χ1n) is 8.39. The number of rotatable bonds is 4. The Balaban J connectivity index is 1.93. The number of hydrogen-bond donors (Lipinski definition) is 2. The van der Waals surface area contributed by atoms with Crippen LogP contribution in [-0.4, -0.2) is 40.1 Å². The third kappa shape index (κ3) is 3.50. The Kier molecular flexibility index (Phi) is 5.64. The normalized spacial score (nSPS) is 13.3. The molecule has 0 saturated carbocycles. The minimum atomic E-state index is -0.611. The first-order valence-corrected chi connectivity index (χ1v) is 9.14. The molecule has 2 heterocycles. The van der Waals surface area contributed by atoms with E-state index in [1.54, 1.807) is 33.1 Å². The van der Waals surface area contributed by atoms with E-state index in [9.17, 15) is 9.59 Å². The van der Waals surface area contributed by atoms with Crippen molar-refractivity contribution in [3.05, 3.63) is 50.8 Å². The van der Waals surface area contributed by atoms with Crippen LogP contribution in [0.3, 0.4) is 0 Å². The fourth-order valence-electron chi connectivity index (χ4n) is 3.32. The van der Waals surface area contributed by atoms with Gasteiger partial charge in [0, 0.05) is 30.8 Å². The zero-order valence-electron chi connectivity index (χ0n) is 14.9. The molecule has 0 aliphatic carbocycles. The lowest BCUT2D eigenvalue weighted by atomic mass is 9.95. The molecule has 1 aromatic carbocycles. The Morgan fingerprint density at radius 2 is 2.04 bits per heavy atom. The number of fused-ring (bicyclic) bond motifs is 1. The number of hydroxylamine groups is 1. The zero-order chi connectivity index (χ0) is 19.7. The smallest absolute Gasteiger partial charge is 0.274 e. The van der Waals surface area contributed by atoms with Crippen LogP contribution in [0.25, 0.3) is 0 Å². The van der Waals surface area contributed by atoms with Gasteiger partial charge in [0.05, 0.1) is 12.1 Å². The van der Waals surface area contributed by atoms with Gasteiger partial charge in [-0.2, -0.15) is 0 Å². The van der Waals surface area contributed by atoms with Gasteiger partial charge in [-0.1, -0.05) is 23.2 Å². The number of ether oxygens (including phenoxy) is 1. The summed E-state index contributed by atoms with van der Waals surface area (Å²) < 4.78 is 7.08. The topological polar surface area (TPSA) is 83.8 Å². The van der Waals surface area contributed by atoms with E-state index >= 15 is 0 Å². The largest absolute Gasteiger partial charge is 0.496 e. The Bertz CT molecular complexity index is 893. The van der Waals surface area contributed by atoms with Crippen molar-refractivity contribution in [2.45, 2.75) is 26.4 Å². The summed E-state index contributed by atoms with van der Waals surface area (Å²) in [4.78, 5) is 26.4. The standard InChI is InChI=1S/C18H19Cl2N3O4/c1-3-23-14(8-13(19)16(23)20)18(25)22-5-4-10-6-11(17(24)21-26)7-15(27-2)12(10)9-22/h6-8,26H,3-5,9H2,1-2H3,(H,21,24). The van der Waals surface area contributed by atoms with Crippen molar-refractivity contribution in [3.8, 4) is 5.75 Å². The number of nitrogens with one attached hydrogen (secondary N) is 1.